The maximum atomic E-state index is 13.7. The van der Waals surface area contributed by atoms with E-state index in [4.69, 9.17) is 0 Å². The second kappa shape index (κ2) is 5.63. The molecule has 3 heteroatoms. The molecule has 0 N–H and O–H groups in total. The second-order valence-electron chi connectivity index (χ2n) is 6.94. The molecule has 0 spiro atoms. The van der Waals surface area contributed by atoms with Gasteiger partial charge in [-0.1, -0.05) is 26.8 Å². The van der Waals surface area contributed by atoms with Gasteiger partial charge in [-0.15, -0.1) is 0 Å². The number of benzene rings is 1. The van der Waals surface area contributed by atoms with Gasteiger partial charge in [-0.05, 0) is 42.2 Å². The maximum absolute atomic E-state index is 13.7. The number of halogens is 2. The van der Waals surface area contributed by atoms with E-state index >= 15 is 0 Å². The van der Waals surface area contributed by atoms with Gasteiger partial charge in [0, 0.05) is 18.4 Å². The Morgan fingerprint density at radius 3 is 2.55 bits per heavy atom. The molecular formula is C17H22F2O. The Kier molecular flexibility index (Phi) is 4.26. The fourth-order valence-corrected chi connectivity index (χ4v) is 3.05. The zero-order valence-electron chi connectivity index (χ0n) is 12.4. The van der Waals surface area contributed by atoms with Crippen molar-refractivity contribution in [1.82, 2.24) is 0 Å². The monoisotopic (exact) mass is 280 g/mol. The van der Waals surface area contributed by atoms with E-state index in [9.17, 15) is 13.6 Å². The van der Waals surface area contributed by atoms with Crippen molar-refractivity contribution in [2.75, 3.05) is 0 Å². The molecule has 0 radical (unpaired) electrons. The third kappa shape index (κ3) is 3.44. The summed E-state index contributed by atoms with van der Waals surface area (Å²) in [6, 6.07) is 3.61. The lowest BCUT2D eigenvalue weighted by Crippen LogP contribution is -2.33. The van der Waals surface area contributed by atoms with Gasteiger partial charge in [0.2, 0.25) is 0 Å². The Hall–Kier alpha value is -1.25. The van der Waals surface area contributed by atoms with Crippen LogP contribution in [0.2, 0.25) is 0 Å². The molecule has 0 bridgehead atoms. The molecule has 1 fully saturated rings. The van der Waals surface area contributed by atoms with Crippen LogP contribution in [0.25, 0.3) is 0 Å². The molecular weight excluding hydrogens is 258 g/mol. The molecule has 1 saturated carbocycles. The van der Waals surface area contributed by atoms with E-state index in [1.807, 2.05) is 0 Å². The number of Topliss-reactive ketones (excluding diaryl/α,β-unsaturated/α-hetero) is 1. The van der Waals surface area contributed by atoms with Gasteiger partial charge >= 0.3 is 0 Å². The Morgan fingerprint density at radius 1 is 1.25 bits per heavy atom. The van der Waals surface area contributed by atoms with Crippen LogP contribution >= 0.6 is 0 Å². The number of hydrogen-bond donors (Lipinski definition) is 0. The lowest BCUT2D eigenvalue weighted by Gasteiger charge is -2.37. The predicted octanol–water partition coefficient (Wildman–Crippen LogP) is 4.54. The first-order chi connectivity index (χ1) is 9.27. The summed E-state index contributed by atoms with van der Waals surface area (Å²) in [5.41, 5.74) is 0.611. The summed E-state index contributed by atoms with van der Waals surface area (Å²) in [6.45, 7) is 6.55. The molecule has 0 saturated heterocycles. The van der Waals surface area contributed by atoms with Crippen molar-refractivity contribution in [3.63, 3.8) is 0 Å². The second-order valence-corrected chi connectivity index (χ2v) is 6.94. The van der Waals surface area contributed by atoms with Gasteiger partial charge in [0.25, 0.3) is 0 Å². The highest BCUT2D eigenvalue weighted by Crippen LogP contribution is 2.40. The van der Waals surface area contributed by atoms with E-state index in [2.05, 4.69) is 20.8 Å². The summed E-state index contributed by atoms with van der Waals surface area (Å²) < 4.78 is 26.6. The lowest BCUT2D eigenvalue weighted by atomic mass is 9.67. The maximum Gasteiger partial charge on any atom is 0.136 e. The summed E-state index contributed by atoms with van der Waals surface area (Å²) in [7, 11) is 0. The van der Waals surface area contributed by atoms with Crippen molar-refractivity contribution in [3.8, 4) is 0 Å². The van der Waals surface area contributed by atoms with Crippen molar-refractivity contribution in [1.29, 1.82) is 0 Å². The molecule has 1 aromatic carbocycles. The SMILES string of the molecule is CC(C)(C)C1CCC(=O)C(Cc2ccc(F)cc2F)C1. The highest BCUT2D eigenvalue weighted by atomic mass is 19.1. The van der Waals surface area contributed by atoms with Crippen molar-refractivity contribution >= 4 is 5.78 Å². The Labute approximate surface area is 119 Å². The smallest absolute Gasteiger partial charge is 0.136 e. The molecule has 1 aliphatic rings. The third-order valence-corrected chi connectivity index (χ3v) is 4.47. The minimum atomic E-state index is -0.575. The molecule has 0 aromatic heterocycles. The molecule has 0 aliphatic heterocycles. The van der Waals surface area contributed by atoms with Crippen molar-refractivity contribution < 1.29 is 13.6 Å². The number of rotatable bonds is 2. The van der Waals surface area contributed by atoms with Crippen LogP contribution in [0.4, 0.5) is 8.78 Å². The van der Waals surface area contributed by atoms with E-state index in [1.54, 1.807) is 0 Å². The normalized spacial score (nSPS) is 23.9. The number of ketones is 1. The van der Waals surface area contributed by atoms with E-state index in [1.165, 1.54) is 12.1 Å². The molecule has 2 unspecified atom stereocenters. The highest BCUT2D eigenvalue weighted by Gasteiger charge is 2.35. The van der Waals surface area contributed by atoms with E-state index < -0.39 is 11.6 Å². The van der Waals surface area contributed by atoms with Crippen LogP contribution in [0.3, 0.4) is 0 Å². The van der Waals surface area contributed by atoms with Crippen LogP contribution in [0, 0.1) is 28.9 Å². The first kappa shape index (κ1) is 15.1. The van der Waals surface area contributed by atoms with Crippen LogP contribution < -0.4 is 0 Å². The largest absolute Gasteiger partial charge is 0.299 e. The molecule has 1 aliphatic carbocycles. The average Bonchev–Trinajstić information content (AvgIpc) is 2.33. The molecule has 20 heavy (non-hydrogen) atoms. The van der Waals surface area contributed by atoms with Crippen molar-refractivity contribution in [2.24, 2.45) is 17.3 Å². The quantitative estimate of drug-likeness (QED) is 0.777. The molecule has 2 rings (SSSR count). The number of hydrogen-bond acceptors (Lipinski definition) is 1. The standard InChI is InChI=1S/C17H22F2O/c1-17(2,3)13-5-7-16(20)12(9-13)8-11-4-6-14(18)10-15(11)19/h4,6,10,12-13H,5,7-9H2,1-3H3. The fraction of sp³-hybridized carbons (Fsp3) is 0.588. The Balaban J connectivity index is 2.12. The highest BCUT2D eigenvalue weighted by molar-refractivity contribution is 5.82. The first-order valence-electron chi connectivity index (χ1n) is 7.24. The van der Waals surface area contributed by atoms with E-state index in [0.29, 0.717) is 24.3 Å². The summed E-state index contributed by atoms with van der Waals surface area (Å²) in [4.78, 5) is 12.1. The zero-order chi connectivity index (χ0) is 14.9. The van der Waals surface area contributed by atoms with Gasteiger partial charge in [-0.3, -0.25) is 4.79 Å². The summed E-state index contributed by atoms with van der Waals surface area (Å²) in [5, 5.41) is 0. The van der Waals surface area contributed by atoms with Crippen LogP contribution in [0.5, 0.6) is 0 Å². The molecule has 0 amide bonds. The Bertz CT molecular complexity index is 502. The molecule has 2 atom stereocenters. The summed E-state index contributed by atoms with van der Waals surface area (Å²) in [6.07, 6.45) is 2.69. The van der Waals surface area contributed by atoms with Crippen molar-refractivity contribution in [3.05, 3.63) is 35.4 Å². The molecule has 1 aromatic rings. The van der Waals surface area contributed by atoms with Crippen molar-refractivity contribution in [2.45, 2.75) is 46.5 Å². The van der Waals surface area contributed by atoms with Gasteiger partial charge < -0.3 is 0 Å². The minimum absolute atomic E-state index is 0.132. The molecule has 0 heterocycles. The number of carbonyl (C=O) groups is 1. The first-order valence-corrected chi connectivity index (χ1v) is 7.24. The van der Waals surface area contributed by atoms with Gasteiger partial charge in [-0.25, -0.2) is 8.78 Å². The van der Waals surface area contributed by atoms with Gasteiger partial charge in [-0.2, -0.15) is 0 Å². The molecule has 110 valence electrons. The molecule has 1 nitrogen and oxygen atoms in total. The van der Waals surface area contributed by atoms with Crippen LogP contribution in [-0.4, -0.2) is 5.78 Å². The average molecular weight is 280 g/mol. The fourth-order valence-electron chi connectivity index (χ4n) is 3.05. The van der Waals surface area contributed by atoms with Gasteiger partial charge in [0.1, 0.15) is 17.4 Å². The predicted molar refractivity (Wildman–Crippen MR) is 75.4 cm³/mol. The number of carbonyl (C=O) groups excluding carboxylic acids is 1. The Morgan fingerprint density at radius 2 is 1.95 bits per heavy atom. The van der Waals surface area contributed by atoms with Gasteiger partial charge in [0.05, 0.1) is 0 Å². The van der Waals surface area contributed by atoms with Gasteiger partial charge in [0.15, 0.2) is 0 Å². The van der Waals surface area contributed by atoms with E-state index in [-0.39, 0.29) is 17.1 Å². The minimum Gasteiger partial charge on any atom is -0.299 e. The van der Waals surface area contributed by atoms with Crippen LogP contribution in [0.15, 0.2) is 18.2 Å². The van der Waals surface area contributed by atoms with E-state index in [0.717, 1.165) is 18.9 Å². The van der Waals surface area contributed by atoms with Crippen LogP contribution in [0.1, 0.15) is 45.6 Å². The topological polar surface area (TPSA) is 17.1 Å². The lowest BCUT2D eigenvalue weighted by molar-refractivity contribution is -0.126. The third-order valence-electron chi connectivity index (χ3n) is 4.47. The zero-order valence-corrected chi connectivity index (χ0v) is 12.4. The van der Waals surface area contributed by atoms with Crippen LogP contribution in [-0.2, 0) is 11.2 Å². The summed E-state index contributed by atoms with van der Waals surface area (Å²) in [5.74, 6) is -0.555. The summed E-state index contributed by atoms with van der Waals surface area (Å²) >= 11 is 0.